The number of hydrogen-bond acceptors (Lipinski definition) is 10. The molecule has 0 aliphatic heterocycles. The molecule has 1 aromatic carbocycles. The van der Waals surface area contributed by atoms with Gasteiger partial charge in [-0.05, 0) is 66.7 Å². The van der Waals surface area contributed by atoms with Crippen molar-refractivity contribution in [2.45, 2.75) is 103 Å². The first-order chi connectivity index (χ1) is 26.1. The van der Waals surface area contributed by atoms with Gasteiger partial charge in [0.25, 0.3) is 0 Å². The Balaban J connectivity index is 1.54. The van der Waals surface area contributed by atoms with Crippen molar-refractivity contribution in [1.82, 2.24) is 19.6 Å². The molecule has 1 aliphatic carbocycles. The smallest absolute Gasteiger partial charge is 0.347 e. The molecule has 0 amide bonds. The number of carbonyl (C=O) groups is 2. The van der Waals surface area contributed by atoms with Crippen molar-refractivity contribution in [2.75, 3.05) is 38.2 Å². The minimum Gasteiger partial charge on any atom is -0.463 e. The van der Waals surface area contributed by atoms with Gasteiger partial charge >= 0.3 is 11.9 Å². The molecular formula is C41H58BrN5O6Si2. The SMILES string of the molecule is CCOC(=O)C(OC(C)=O)C1CCC(c2nc3c(-c4ccc(-c5ccccc5)nc4)cnn3c(N(COCC[Si](C)(C)C)COCC[Si](C)(C)C)c2Br)CC1. The van der Waals surface area contributed by atoms with Crippen LogP contribution in [0.15, 0.2) is 59.3 Å². The molecule has 0 N–H and O–H groups in total. The molecule has 14 heteroatoms. The summed E-state index contributed by atoms with van der Waals surface area (Å²) >= 11 is 4.02. The molecule has 1 aliphatic rings. The molecular weight excluding hydrogens is 795 g/mol. The van der Waals surface area contributed by atoms with Gasteiger partial charge in [0.2, 0.25) is 6.10 Å². The quantitative estimate of drug-likeness (QED) is 0.0415. The van der Waals surface area contributed by atoms with E-state index in [1.807, 2.05) is 41.2 Å². The third kappa shape index (κ3) is 11.8. The van der Waals surface area contributed by atoms with Gasteiger partial charge in [-0.3, -0.25) is 9.78 Å². The first-order valence-electron chi connectivity index (χ1n) is 19.5. The number of ether oxygens (including phenoxy) is 4. The predicted octanol–water partition coefficient (Wildman–Crippen LogP) is 9.42. The maximum atomic E-state index is 12.9. The number of hydrogen-bond donors (Lipinski definition) is 0. The van der Waals surface area contributed by atoms with E-state index in [1.165, 1.54) is 6.92 Å². The average molecular weight is 853 g/mol. The lowest BCUT2D eigenvalue weighted by molar-refractivity contribution is -0.171. The van der Waals surface area contributed by atoms with Gasteiger partial charge in [-0.1, -0.05) is 75.7 Å². The van der Waals surface area contributed by atoms with Crippen LogP contribution in [0.1, 0.15) is 51.1 Å². The summed E-state index contributed by atoms with van der Waals surface area (Å²) in [5, 5.41) is 4.94. The Morgan fingerprint density at radius 2 is 1.53 bits per heavy atom. The van der Waals surface area contributed by atoms with E-state index < -0.39 is 34.2 Å². The number of nitrogens with zero attached hydrogens (tertiary/aromatic N) is 5. The highest BCUT2D eigenvalue weighted by atomic mass is 79.9. The Hall–Kier alpha value is -3.44. The summed E-state index contributed by atoms with van der Waals surface area (Å²) in [4.78, 5) is 37.1. The van der Waals surface area contributed by atoms with Crippen LogP contribution in [0.4, 0.5) is 5.82 Å². The zero-order valence-corrected chi connectivity index (χ0v) is 37.4. The number of carbonyl (C=O) groups excluding carboxylic acids is 2. The van der Waals surface area contributed by atoms with Crippen LogP contribution in [-0.4, -0.2) is 87.1 Å². The first-order valence-corrected chi connectivity index (χ1v) is 27.7. The fourth-order valence-corrected chi connectivity index (χ4v) is 9.10. The van der Waals surface area contributed by atoms with Crippen molar-refractivity contribution in [2.24, 2.45) is 5.92 Å². The van der Waals surface area contributed by atoms with Gasteiger partial charge in [0.05, 0.1) is 28.7 Å². The van der Waals surface area contributed by atoms with Gasteiger partial charge in [-0.25, -0.2) is 9.78 Å². The highest BCUT2D eigenvalue weighted by molar-refractivity contribution is 9.10. The normalized spacial score (nSPS) is 16.9. The van der Waals surface area contributed by atoms with E-state index in [1.54, 1.807) is 6.92 Å². The number of pyridine rings is 1. The molecule has 0 spiro atoms. The van der Waals surface area contributed by atoms with E-state index in [9.17, 15) is 9.59 Å². The fraction of sp³-hybridized carbons (Fsp3) is 0.537. The number of halogens is 1. The largest absolute Gasteiger partial charge is 0.463 e. The second-order valence-electron chi connectivity index (χ2n) is 16.9. The summed E-state index contributed by atoms with van der Waals surface area (Å²) < 4.78 is 26.3. The topological polar surface area (TPSA) is 117 Å². The molecule has 0 bridgehead atoms. The Labute approximate surface area is 336 Å². The highest BCUT2D eigenvalue weighted by Crippen LogP contribution is 2.43. The molecule has 55 heavy (non-hydrogen) atoms. The van der Waals surface area contributed by atoms with Crippen LogP contribution in [0.25, 0.3) is 28.0 Å². The summed E-state index contributed by atoms with van der Waals surface area (Å²) in [6, 6.07) is 16.3. The van der Waals surface area contributed by atoms with Crippen molar-refractivity contribution in [3.8, 4) is 22.4 Å². The van der Waals surface area contributed by atoms with E-state index in [0.717, 1.165) is 63.3 Å². The summed E-state index contributed by atoms with van der Waals surface area (Å²) in [5.41, 5.74) is 5.34. The first kappa shape index (κ1) is 42.7. The molecule has 1 atom stereocenters. The van der Waals surface area contributed by atoms with Crippen molar-refractivity contribution in [1.29, 1.82) is 0 Å². The third-order valence-corrected chi connectivity index (χ3v) is 14.1. The van der Waals surface area contributed by atoms with E-state index in [4.69, 9.17) is 34.0 Å². The fourth-order valence-electron chi connectivity index (χ4n) is 6.76. The van der Waals surface area contributed by atoms with Crippen LogP contribution in [-0.2, 0) is 28.5 Å². The second-order valence-corrected chi connectivity index (χ2v) is 28.9. The van der Waals surface area contributed by atoms with Gasteiger partial charge in [0.15, 0.2) is 11.5 Å². The van der Waals surface area contributed by atoms with Gasteiger partial charge in [-0.2, -0.15) is 9.61 Å². The monoisotopic (exact) mass is 851 g/mol. The van der Waals surface area contributed by atoms with Crippen molar-refractivity contribution < 1.29 is 28.5 Å². The highest BCUT2D eigenvalue weighted by Gasteiger charge is 2.37. The molecule has 4 aromatic rings. The third-order valence-electron chi connectivity index (χ3n) is 9.92. The zero-order chi connectivity index (χ0) is 39.8. The molecule has 3 aromatic heterocycles. The van der Waals surface area contributed by atoms with Crippen LogP contribution in [0.5, 0.6) is 0 Å². The summed E-state index contributed by atoms with van der Waals surface area (Å²) in [7, 11) is -2.62. The van der Waals surface area contributed by atoms with Gasteiger partial charge in [-0.15, -0.1) is 0 Å². The molecule has 0 radical (unpaired) electrons. The molecule has 1 unspecified atom stereocenters. The number of aromatic nitrogens is 4. The van der Waals surface area contributed by atoms with Crippen LogP contribution in [0.2, 0.25) is 51.4 Å². The average Bonchev–Trinajstić information content (AvgIpc) is 3.56. The van der Waals surface area contributed by atoms with E-state index >= 15 is 0 Å². The van der Waals surface area contributed by atoms with Crippen molar-refractivity contribution in [3.05, 3.63) is 65.0 Å². The summed E-state index contributed by atoms with van der Waals surface area (Å²) in [5.74, 6) is -0.236. The molecule has 298 valence electrons. The molecule has 5 rings (SSSR count). The minimum absolute atomic E-state index is 0.0679. The number of esters is 2. The number of fused-ring (bicyclic) bond motifs is 1. The molecule has 0 saturated heterocycles. The second kappa shape index (κ2) is 19.1. The maximum absolute atomic E-state index is 12.9. The lowest BCUT2D eigenvalue weighted by atomic mass is 9.78. The van der Waals surface area contributed by atoms with E-state index in [2.05, 4.69) is 78.3 Å². The van der Waals surface area contributed by atoms with Gasteiger partial charge in [0, 0.05) is 71.0 Å². The standard InChI is InChI=1S/C41H58BrN5O6Si2/c1-9-52-41(49)38(53-29(2)48)32-17-15-31(16-18-32)37-36(42)40(46(27-50-21-23-54(3,4)5)28-51-22-24-55(6,7)8)47-39(45-37)34(26-44-47)33-19-20-35(43-25-33)30-13-11-10-12-14-30/h10-14,19-20,25-26,31-32,38H,9,15-18,21-24,27-28H2,1-8H3. The van der Waals surface area contributed by atoms with Crippen LogP contribution < -0.4 is 4.90 Å². The Bertz CT molecular complexity index is 1850. The number of anilines is 1. The van der Waals surface area contributed by atoms with Gasteiger partial charge in [0.1, 0.15) is 13.5 Å². The maximum Gasteiger partial charge on any atom is 0.347 e. The Kier molecular flexibility index (Phi) is 14.9. The van der Waals surface area contributed by atoms with E-state index in [0.29, 0.717) is 45.2 Å². The van der Waals surface area contributed by atoms with Gasteiger partial charge < -0.3 is 23.8 Å². The zero-order valence-electron chi connectivity index (χ0n) is 33.8. The van der Waals surface area contributed by atoms with Crippen molar-refractivity contribution >= 4 is 55.5 Å². The Morgan fingerprint density at radius 1 is 0.891 bits per heavy atom. The van der Waals surface area contributed by atoms with E-state index in [-0.39, 0.29) is 18.4 Å². The number of rotatable bonds is 18. The predicted molar refractivity (Wildman–Crippen MR) is 227 cm³/mol. The minimum atomic E-state index is -1.31. The van der Waals surface area contributed by atoms with Crippen molar-refractivity contribution in [3.63, 3.8) is 0 Å². The molecule has 3 heterocycles. The summed E-state index contributed by atoms with van der Waals surface area (Å²) in [6.07, 6.45) is 5.68. The lowest BCUT2D eigenvalue weighted by Crippen LogP contribution is -2.37. The van der Waals surface area contributed by atoms with Crippen LogP contribution >= 0.6 is 15.9 Å². The summed E-state index contributed by atoms with van der Waals surface area (Å²) in [6.45, 7) is 19.4. The molecule has 11 nitrogen and oxygen atoms in total. The lowest BCUT2D eigenvalue weighted by Gasteiger charge is -2.33. The number of benzene rings is 1. The molecule has 1 saturated carbocycles. The van der Waals surface area contributed by atoms with Crippen LogP contribution in [0, 0.1) is 5.92 Å². The van der Waals surface area contributed by atoms with Crippen LogP contribution in [0.3, 0.4) is 0 Å². The molecule has 1 fully saturated rings. The Morgan fingerprint density at radius 3 is 2.07 bits per heavy atom.